The summed E-state index contributed by atoms with van der Waals surface area (Å²) in [5.74, 6) is 0.215. The molecule has 0 aliphatic carbocycles. The van der Waals surface area contributed by atoms with E-state index in [4.69, 9.17) is 5.11 Å². The minimum atomic E-state index is 0.215. The Morgan fingerprint density at radius 3 is 3.33 bits per heavy atom. The van der Waals surface area contributed by atoms with Gasteiger partial charge in [0.15, 0.2) is 0 Å². The molecular formula is C6H8N2O. The largest absolute Gasteiger partial charge is 0.492 e. The number of hydrogen-bond acceptors (Lipinski definition) is 2. The molecule has 3 heteroatoms. The molecule has 0 fully saturated rings. The summed E-state index contributed by atoms with van der Waals surface area (Å²) >= 11 is 0. The third-order valence-corrected chi connectivity index (χ3v) is 1.74. The molecule has 0 bridgehead atoms. The zero-order chi connectivity index (χ0) is 6.27. The van der Waals surface area contributed by atoms with E-state index >= 15 is 0 Å². The maximum Gasteiger partial charge on any atom is 0.232 e. The van der Waals surface area contributed by atoms with E-state index in [0.29, 0.717) is 0 Å². The molecule has 0 amide bonds. The molecule has 9 heavy (non-hydrogen) atoms. The molecule has 48 valence electrons. The summed E-state index contributed by atoms with van der Waals surface area (Å²) in [5.41, 5.74) is 0.995. The van der Waals surface area contributed by atoms with Crippen LogP contribution in [-0.4, -0.2) is 14.7 Å². The number of nitrogens with zero attached hydrogens (tertiary/aromatic N) is 2. The van der Waals surface area contributed by atoms with Gasteiger partial charge in [-0.1, -0.05) is 0 Å². The average Bonchev–Trinajstić information content (AvgIpc) is 2.35. The van der Waals surface area contributed by atoms with Crippen molar-refractivity contribution >= 4 is 0 Å². The zero-order valence-corrected chi connectivity index (χ0v) is 5.04. The molecule has 0 saturated carbocycles. The van der Waals surface area contributed by atoms with Gasteiger partial charge in [-0.2, -0.15) is 0 Å². The van der Waals surface area contributed by atoms with Gasteiger partial charge in [-0.3, -0.25) is 0 Å². The molecule has 1 aliphatic heterocycles. The smallest absolute Gasteiger partial charge is 0.232 e. The zero-order valence-electron chi connectivity index (χ0n) is 5.04. The average molecular weight is 124 g/mol. The van der Waals surface area contributed by atoms with Crippen molar-refractivity contribution in [3.63, 3.8) is 0 Å². The van der Waals surface area contributed by atoms with Crippen LogP contribution in [0.15, 0.2) is 6.33 Å². The topological polar surface area (TPSA) is 38.1 Å². The normalized spacial score (nSPS) is 16.0. The van der Waals surface area contributed by atoms with E-state index in [0.717, 1.165) is 25.1 Å². The number of aryl methyl sites for hydroxylation is 1. The lowest BCUT2D eigenvalue weighted by Gasteiger charge is -1.89. The summed E-state index contributed by atoms with van der Waals surface area (Å²) in [7, 11) is 0. The Morgan fingerprint density at radius 1 is 1.67 bits per heavy atom. The number of aromatic hydroxyl groups is 1. The lowest BCUT2D eigenvalue weighted by molar-refractivity contribution is 0.450. The first-order chi connectivity index (χ1) is 4.38. The molecule has 1 N–H and O–H groups in total. The van der Waals surface area contributed by atoms with E-state index in [1.54, 1.807) is 6.33 Å². The number of hydrogen-bond donors (Lipinski definition) is 1. The van der Waals surface area contributed by atoms with Gasteiger partial charge >= 0.3 is 0 Å². The molecular weight excluding hydrogens is 116 g/mol. The third-order valence-electron chi connectivity index (χ3n) is 1.74. The van der Waals surface area contributed by atoms with Crippen molar-refractivity contribution in [1.82, 2.24) is 9.55 Å². The van der Waals surface area contributed by atoms with Crippen molar-refractivity contribution < 1.29 is 5.11 Å². The van der Waals surface area contributed by atoms with Crippen molar-refractivity contribution in [1.29, 1.82) is 0 Å². The predicted octanol–water partition coefficient (Wildman–Crippen LogP) is 0.535. The van der Waals surface area contributed by atoms with Crippen LogP contribution in [-0.2, 0) is 13.0 Å². The first-order valence-corrected chi connectivity index (χ1v) is 3.11. The molecule has 3 nitrogen and oxygen atoms in total. The van der Waals surface area contributed by atoms with Crippen LogP contribution >= 0.6 is 0 Å². The van der Waals surface area contributed by atoms with Crippen LogP contribution in [0, 0.1) is 0 Å². The van der Waals surface area contributed by atoms with Gasteiger partial charge < -0.3 is 9.67 Å². The molecule has 2 rings (SSSR count). The first-order valence-electron chi connectivity index (χ1n) is 3.11. The Bertz CT molecular complexity index is 229. The van der Waals surface area contributed by atoms with E-state index in [1.165, 1.54) is 0 Å². The Labute approximate surface area is 53.0 Å². The van der Waals surface area contributed by atoms with Crippen molar-refractivity contribution in [2.24, 2.45) is 0 Å². The van der Waals surface area contributed by atoms with Crippen LogP contribution in [0.1, 0.15) is 12.1 Å². The van der Waals surface area contributed by atoms with Crippen LogP contribution in [0.25, 0.3) is 0 Å². The molecule has 0 unspecified atom stereocenters. The molecule has 0 spiro atoms. The van der Waals surface area contributed by atoms with Gasteiger partial charge in [-0.05, 0) is 12.8 Å². The lowest BCUT2D eigenvalue weighted by Crippen LogP contribution is -1.86. The second kappa shape index (κ2) is 1.50. The molecule has 2 heterocycles. The van der Waals surface area contributed by atoms with Crippen LogP contribution in [0.2, 0.25) is 0 Å². The monoisotopic (exact) mass is 124 g/mol. The quantitative estimate of drug-likeness (QED) is 0.548. The van der Waals surface area contributed by atoms with E-state index < -0.39 is 0 Å². The highest BCUT2D eigenvalue weighted by Crippen LogP contribution is 2.21. The van der Waals surface area contributed by atoms with Crippen LogP contribution in [0.3, 0.4) is 0 Å². The maximum atomic E-state index is 9.04. The highest BCUT2D eigenvalue weighted by Gasteiger charge is 2.14. The maximum absolute atomic E-state index is 9.04. The van der Waals surface area contributed by atoms with E-state index in [1.807, 2.05) is 4.57 Å². The Kier molecular flexibility index (Phi) is 0.806. The van der Waals surface area contributed by atoms with Crippen LogP contribution < -0.4 is 0 Å². The second-order valence-corrected chi connectivity index (χ2v) is 2.31. The fraction of sp³-hybridized carbons (Fsp3) is 0.500. The molecule has 0 aromatic carbocycles. The summed E-state index contributed by atoms with van der Waals surface area (Å²) in [6, 6.07) is 0. The van der Waals surface area contributed by atoms with E-state index in [-0.39, 0.29) is 5.88 Å². The molecule has 0 radical (unpaired) electrons. The summed E-state index contributed by atoms with van der Waals surface area (Å²) < 4.78 is 2.00. The van der Waals surface area contributed by atoms with Gasteiger partial charge in [-0.25, -0.2) is 4.98 Å². The van der Waals surface area contributed by atoms with E-state index in [2.05, 4.69) is 4.98 Å². The molecule has 0 saturated heterocycles. The number of fused-ring (bicyclic) bond motifs is 1. The highest BCUT2D eigenvalue weighted by molar-refractivity contribution is 5.20. The van der Waals surface area contributed by atoms with Gasteiger partial charge in [0, 0.05) is 6.54 Å². The van der Waals surface area contributed by atoms with Crippen LogP contribution in [0.5, 0.6) is 5.88 Å². The predicted molar refractivity (Wildman–Crippen MR) is 32.2 cm³/mol. The summed E-state index contributed by atoms with van der Waals surface area (Å²) in [5, 5.41) is 9.04. The number of aromatic nitrogens is 2. The molecule has 1 aromatic heterocycles. The summed E-state index contributed by atoms with van der Waals surface area (Å²) in [6.07, 6.45) is 3.81. The second-order valence-electron chi connectivity index (χ2n) is 2.31. The first kappa shape index (κ1) is 4.85. The van der Waals surface area contributed by atoms with Gasteiger partial charge in [0.1, 0.15) is 0 Å². The standard InChI is InChI=1S/C6H8N2O/c9-6-5-2-1-3-8(5)4-7-6/h4,9H,1-3H2. The Balaban J connectivity index is 2.56. The lowest BCUT2D eigenvalue weighted by atomic mass is 10.3. The van der Waals surface area contributed by atoms with Crippen molar-refractivity contribution in [2.45, 2.75) is 19.4 Å². The van der Waals surface area contributed by atoms with Crippen molar-refractivity contribution in [3.05, 3.63) is 12.0 Å². The minimum absolute atomic E-state index is 0.215. The summed E-state index contributed by atoms with van der Waals surface area (Å²) in [6.45, 7) is 1.02. The molecule has 0 atom stereocenters. The highest BCUT2D eigenvalue weighted by atomic mass is 16.3. The van der Waals surface area contributed by atoms with Gasteiger partial charge in [0.25, 0.3) is 0 Å². The molecule has 1 aliphatic rings. The van der Waals surface area contributed by atoms with E-state index in [9.17, 15) is 0 Å². The Morgan fingerprint density at radius 2 is 2.56 bits per heavy atom. The van der Waals surface area contributed by atoms with Crippen LogP contribution in [0.4, 0.5) is 0 Å². The fourth-order valence-electron chi connectivity index (χ4n) is 1.26. The van der Waals surface area contributed by atoms with Crippen molar-refractivity contribution in [2.75, 3.05) is 0 Å². The Hall–Kier alpha value is -0.990. The van der Waals surface area contributed by atoms with Gasteiger partial charge in [0.2, 0.25) is 5.88 Å². The molecule has 1 aromatic rings. The summed E-state index contributed by atoms with van der Waals surface area (Å²) in [4.78, 5) is 3.76. The van der Waals surface area contributed by atoms with Gasteiger partial charge in [0.05, 0.1) is 12.0 Å². The van der Waals surface area contributed by atoms with Crippen molar-refractivity contribution in [3.8, 4) is 5.88 Å². The fourth-order valence-corrected chi connectivity index (χ4v) is 1.26. The van der Waals surface area contributed by atoms with Gasteiger partial charge in [-0.15, -0.1) is 0 Å². The minimum Gasteiger partial charge on any atom is -0.492 e. The third kappa shape index (κ3) is 0.542. The number of rotatable bonds is 0. The SMILES string of the molecule is Oc1ncn2c1CCC2. The number of imidazole rings is 1.